The van der Waals surface area contributed by atoms with E-state index in [9.17, 15) is 9.59 Å². The quantitative estimate of drug-likeness (QED) is 0.637. The second-order valence-electron chi connectivity index (χ2n) is 8.59. The lowest BCUT2D eigenvalue weighted by Gasteiger charge is -2.37. The van der Waals surface area contributed by atoms with Crippen LogP contribution in [0.15, 0.2) is 41.8 Å². The van der Waals surface area contributed by atoms with Crippen molar-refractivity contribution < 1.29 is 14.3 Å². The van der Waals surface area contributed by atoms with Crippen LogP contribution >= 0.6 is 11.3 Å². The third-order valence-corrected chi connectivity index (χ3v) is 6.87. The van der Waals surface area contributed by atoms with Crippen molar-refractivity contribution in [1.29, 1.82) is 0 Å². The fourth-order valence-corrected chi connectivity index (χ4v) is 4.96. The van der Waals surface area contributed by atoms with Crippen LogP contribution in [0.3, 0.4) is 0 Å². The number of carbonyl (C=O) groups is 2. The molecule has 1 aliphatic heterocycles. The Balaban J connectivity index is 1.49. The average Bonchev–Trinajstić information content (AvgIpc) is 3.44. The summed E-state index contributed by atoms with van der Waals surface area (Å²) in [5.74, 6) is 1.35. The summed E-state index contributed by atoms with van der Waals surface area (Å²) in [5, 5.41) is 2.09. The zero-order valence-electron chi connectivity index (χ0n) is 17.8. The summed E-state index contributed by atoms with van der Waals surface area (Å²) in [7, 11) is 0. The number of carbonyl (C=O) groups excluding carboxylic acids is 2. The normalized spacial score (nSPS) is 18.2. The Hall–Kier alpha value is -2.34. The highest BCUT2D eigenvalue weighted by Crippen LogP contribution is 2.34. The standard InChI is InChI=1S/C24H30N2O3S/c1-17(2)24(28)25(14-18-8-9-18)15-23(27)26-12-10-22-20(11-13-30-22)21(26)16-29-19-6-4-3-5-7-19/h3-7,11,13,17-18,21H,8-10,12,14-16H2,1-2H3/t21-/m1/s1. The lowest BCUT2D eigenvalue weighted by molar-refractivity contribution is -0.144. The SMILES string of the molecule is CC(C)C(=O)N(CC(=O)N1CCc2sccc2[C@H]1COc1ccccc1)CC1CC1. The van der Waals surface area contributed by atoms with E-state index in [1.54, 1.807) is 16.2 Å². The monoisotopic (exact) mass is 426 g/mol. The van der Waals surface area contributed by atoms with Crippen LogP contribution in [0.5, 0.6) is 5.75 Å². The van der Waals surface area contributed by atoms with Gasteiger partial charge in [0.25, 0.3) is 0 Å². The van der Waals surface area contributed by atoms with Crippen molar-refractivity contribution in [3.8, 4) is 5.75 Å². The van der Waals surface area contributed by atoms with Gasteiger partial charge >= 0.3 is 0 Å². The van der Waals surface area contributed by atoms with Gasteiger partial charge in [0.15, 0.2) is 0 Å². The number of hydrogen-bond acceptors (Lipinski definition) is 4. The van der Waals surface area contributed by atoms with Crippen LogP contribution in [0.25, 0.3) is 0 Å². The molecule has 1 aromatic heterocycles. The van der Waals surface area contributed by atoms with E-state index in [0.29, 0.717) is 25.6 Å². The Morgan fingerprint density at radius 1 is 1.20 bits per heavy atom. The molecule has 4 rings (SSSR count). The predicted octanol–water partition coefficient (Wildman–Crippen LogP) is 4.15. The molecule has 0 spiro atoms. The molecule has 30 heavy (non-hydrogen) atoms. The third-order valence-electron chi connectivity index (χ3n) is 5.87. The van der Waals surface area contributed by atoms with Gasteiger partial charge in [-0.3, -0.25) is 9.59 Å². The molecule has 160 valence electrons. The van der Waals surface area contributed by atoms with Gasteiger partial charge in [-0.05, 0) is 54.3 Å². The largest absolute Gasteiger partial charge is 0.491 e. The molecule has 1 fully saturated rings. The summed E-state index contributed by atoms with van der Waals surface area (Å²) < 4.78 is 6.05. The van der Waals surface area contributed by atoms with Crippen LogP contribution in [0.2, 0.25) is 0 Å². The summed E-state index contributed by atoms with van der Waals surface area (Å²) in [4.78, 5) is 31.1. The first-order valence-corrected chi connectivity index (χ1v) is 11.7. The molecule has 0 bridgehead atoms. The molecule has 2 heterocycles. The second kappa shape index (κ2) is 9.21. The Morgan fingerprint density at radius 2 is 1.97 bits per heavy atom. The maximum Gasteiger partial charge on any atom is 0.242 e. The van der Waals surface area contributed by atoms with Crippen LogP contribution in [-0.2, 0) is 16.0 Å². The molecule has 0 N–H and O–H groups in total. The Labute approximate surface area is 182 Å². The van der Waals surface area contributed by atoms with E-state index in [4.69, 9.17) is 4.74 Å². The summed E-state index contributed by atoms with van der Waals surface area (Å²) in [6.07, 6.45) is 3.18. The van der Waals surface area contributed by atoms with Gasteiger partial charge in [-0.25, -0.2) is 0 Å². The average molecular weight is 427 g/mol. The number of benzene rings is 1. The maximum absolute atomic E-state index is 13.4. The molecule has 1 saturated carbocycles. The van der Waals surface area contributed by atoms with E-state index in [-0.39, 0.29) is 30.3 Å². The van der Waals surface area contributed by atoms with Crippen molar-refractivity contribution in [3.05, 3.63) is 52.2 Å². The van der Waals surface area contributed by atoms with Gasteiger partial charge in [-0.1, -0.05) is 32.0 Å². The fourth-order valence-electron chi connectivity index (χ4n) is 4.03. The first kappa shape index (κ1) is 20.9. The summed E-state index contributed by atoms with van der Waals surface area (Å²) in [6, 6.07) is 11.7. The highest BCUT2D eigenvalue weighted by Gasteiger charge is 2.35. The van der Waals surface area contributed by atoms with E-state index >= 15 is 0 Å². The van der Waals surface area contributed by atoms with Gasteiger partial charge in [-0.15, -0.1) is 11.3 Å². The fraction of sp³-hybridized carbons (Fsp3) is 0.500. The minimum absolute atomic E-state index is 0.0168. The van der Waals surface area contributed by atoms with Gasteiger partial charge in [-0.2, -0.15) is 0 Å². The topological polar surface area (TPSA) is 49.9 Å². The molecule has 0 unspecified atom stereocenters. The summed E-state index contributed by atoms with van der Waals surface area (Å²) >= 11 is 1.75. The first-order valence-electron chi connectivity index (χ1n) is 10.8. The van der Waals surface area contributed by atoms with E-state index in [1.807, 2.05) is 49.1 Å². The van der Waals surface area contributed by atoms with Crippen LogP contribution in [0.4, 0.5) is 0 Å². The number of fused-ring (bicyclic) bond motifs is 1. The number of para-hydroxylation sites is 1. The number of ether oxygens (including phenoxy) is 1. The van der Waals surface area contributed by atoms with Crippen LogP contribution < -0.4 is 4.74 Å². The molecule has 5 nitrogen and oxygen atoms in total. The number of amides is 2. The van der Waals surface area contributed by atoms with Gasteiger partial charge in [0.2, 0.25) is 11.8 Å². The Kier molecular flexibility index (Phi) is 6.42. The minimum atomic E-state index is -0.121. The molecule has 1 atom stereocenters. The van der Waals surface area contributed by atoms with Crippen molar-refractivity contribution in [2.24, 2.45) is 11.8 Å². The van der Waals surface area contributed by atoms with Crippen molar-refractivity contribution in [3.63, 3.8) is 0 Å². The number of thiophene rings is 1. The van der Waals surface area contributed by atoms with Crippen molar-refractivity contribution >= 4 is 23.2 Å². The molecule has 2 amide bonds. The summed E-state index contributed by atoms with van der Waals surface area (Å²) in [5.41, 5.74) is 1.18. The van der Waals surface area contributed by atoms with Crippen LogP contribution in [-0.4, -0.2) is 47.9 Å². The van der Waals surface area contributed by atoms with Gasteiger partial charge in [0.05, 0.1) is 12.6 Å². The smallest absolute Gasteiger partial charge is 0.242 e. The van der Waals surface area contributed by atoms with Gasteiger partial charge in [0, 0.05) is 23.9 Å². The molecule has 2 aromatic rings. The zero-order chi connectivity index (χ0) is 21.1. The van der Waals surface area contributed by atoms with Crippen LogP contribution in [0.1, 0.15) is 43.2 Å². The number of hydrogen-bond donors (Lipinski definition) is 0. The lowest BCUT2D eigenvalue weighted by atomic mass is 10.00. The molecular formula is C24H30N2O3S. The molecule has 2 aliphatic rings. The van der Waals surface area contributed by atoms with E-state index in [1.165, 1.54) is 10.4 Å². The van der Waals surface area contributed by atoms with Crippen LogP contribution in [0, 0.1) is 11.8 Å². The summed E-state index contributed by atoms with van der Waals surface area (Å²) in [6.45, 7) is 5.76. The Morgan fingerprint density at radius 3 is 2.67 bits per heavy atom. The van der Waals surface area contributed by atoms with E-state index in [2.05, 4.69) is 11.4 Å². The lowest BCUT2D eigenvalue weighted by Crippen LogP contribution is -2.49. The van der Waals surface area contributed by atoms with Crippen molar-refractivity contribution in [2.45, 2.75) is 39.2 Å². The molecule has 6 heteroatoms. The van der Waals surface area contributed by atoms with Gasteiger partial charge < -0.3 is 14.5 Å². The molecule has 0 saturated heterocycles. The Bertz CT molecular complexity index is 876. The minimum Gasteiger partial charge on any atom is -0.491 e. The van der Waals surface area contributed by atoms with Crippen molar-refractivity contribution in [1.82, 2.24) is 9.80 Å². The molecule has 1 aliphatic carbocycles. The molecular weight excluding hydrogens is 396 g/mol. The van der Waals surface area contributed by atoms with E-state index in [0.717, 1.165) is 25.0 Å². The van der Waals surface area contributed by atoms with E-state index < -0.39 is 0 Å². The number of nitrogens with zero attached hydrogens (tertiary/aromatic N) is 2. The maximum atomic E-state index is 13.4. The molecule has 1 aromatic carbocycles. The van der Waals surface area contributed by atoms with Gasteiger partial charge in [0.1, 0.15) is 12.4 Å². The van der Waals surface area contributed by atoms with Crippen molar-refractivity contribution in [2.75, 3.05) is 26.2 Å². The zero-order valence-corrected chi connectivity index (χ0v) is 18.6. The highest BCUT2D eigenvalue weighted by molar-refractivity contribution is 7.10. The molecule has 0 radical (unpaired) electrons. The number of rotatable bonds is 8. The third kappa shape index (κ3) is 4.86. The predicted molar refractivity (Wildman–Crippen MR) is 119 cm³/mol. The second-order valence-corrected chi connectivity index (χ2v) is 9.59. The highest BCUT2D eigenvalue weighted by atomic mass is 32.1. The first-order chi connectivity index (χ1) is 14.5.